The van der Waals surface area contributed by atoms with Crippen molar-refractivity contribution in [2.75, 3.05) is 26.2 Å². The van der Waals surface area contributed by atoms with Gasteiger partial charge in [-0.05, 0) is 75.0 Å². The largest absolute Gasteiger partial charge is 0.383 e. The monoisotopic (exact) mass is 308 g/mol. The average Bonchev–Trinajstić information content (AvgIpc) is 3.16. The van der Waals surface area contributed by atoms with Crippen LogP contribution in [0.5, 0.6) is 0 Å². The van der Waals surface area contributed by atoms with Crippen LogP contribution in [0, 0.1) is 6.58 Å². The van der Waals surface area contributed by atoms with E-state index in [-0.39, 0.29) is 0 Å². The highest BCUT2D eigenvalue weighted by Gasteiger charge is 2.17. The number of fused-ring (bicyclic) bond motifs is 3. The van der Waals surface area contributed by atoms with Crippen LogP contribution in [0.3, 0.4) is 0 Å². The van der Waals surface area contributed by atoms with Crippen molar-refractivity contribution in [2.24, 2.45) is 0 Å². The third-order valence-corrected chi connectivity index (χ3v) is 5.35. The summed E-state index contributed by atoms with van der Waals surface area (Å²) in [5, 5.41) is 4.77. The van der Waals surface area contributed by atoms with Gasteiger partial charge in [-0.15, -0.1) is 0 Å². The Balaban J connectivity index is 1.40. The molecular formula is C20H26N3. The lowest BCUT2D eigenvalue weighted by Crippen LogP contribution is -2.35. The third-order valence-electron chi connectivity index (χ3n) is 5.35. The van der Waals surface area contributed by atoms with Gasteiger partial charge in [0.25, 0.3) is 0 Å². The summed E-state index contributed by atoms with van der Waals surface area (Å²) in [6.45, 7) is 10.8. The topological polar surface area (TPSA) is 31.1 Å². The van der Waals surface area contributed by atoms with Crippen molar-refractivity contribution in [2.45, 2.75) is 38.5 Å². The normalized spacial score (nSPS) is 18.3. The Morgan fingerprint density at radius 1 is 1.13 bits per heavy atom. The molecule has 23 heavy (non-hydrogen) atoms. The van der Waals surface area contributed by atoms with E-state index in [0.29, 0.717) is 0 Å². The number of H-pyrrole nitrogens is 1. The number of aryl methyl sites for hydroxylation is 2. The van der Waals surface area contributed by atoms with Crippen LogP contribution in [0.15, 0.2) is 18.2 Å². The second-order valence-electron chi connectivity index (χ2n) is 6.94. The van der Waals surface area contributed by atoms with Crippen molar-refractivity contribution in [3.05, 3.63) is 41.6 Å². The Labute approximate surface area is 138 Å². The minimum Gasteiger partial charge on any atom is -0.383 e. The Morgan fingerprint density at radius 3 is 2.87 bits per heavy atom. The van der Waals surface area contributed by atoms with Gasteiger partial charge in [0.2, 0.25) is 0 Å². The molecule has 2 aromatic rings. The van der Waals surface area contributed by atoms with Crippen LogP contribution in [0.2, 0.25) is 0 Å². The molecule has 2 heterocycles. The number of rotatable bonds is 5. The van der Waals surface area contributed by atoms with Crippen LogP contribution in [-0.4, -0.2) is 36.1 Å². The summed E-state index contributed by atoms with van der Waals surface area (Å²) in [7, 11) is 0. The molecule has 1 aromatic carbocycles. The van der Waals surface area contributed by atoms with Gasteiger partial charge in [0.15, 0.2) is 0 Å². The number of nitrogens with zero attached hydrogens (tertiary/aromatic N) is 1. The molecule has 0 bridgehead atoms. The number of nitrogens with one attached hydrogen (secondary N) is 2. The van der Waals surface area contributed by atoms with E-state index < -0.39 is 0 Å². The smallest absolute Gasteiger partial charge is 0.0459 e. The quantitative estimate of drug-likeness (QED) is 0.885. The fourth-order valence-electron chi connectivity index (χ4n) is 4.05. The summed E-state index contributed by atoms with van der Waals surface area (Å²) in [6, 6.07) is 6.54. The lowest BCUT2D eigenvalue weighted by Gasteiger charge is -2.26. The first-order chi connectivity index (χ1) is 11.3. The molecule has 1 aromatic heterocycles. The van der Waals surface area contributed by atoms with Crippen molar-refractivity contribution in [1.29, 1.82) is 0 Å². The highest BCUT2D eigenvalue weighted by Crippen LogP contribution is 2.31. The van der Waals surface area contributed by atoms with Gasteiger partial charge in [0.1, 0.15) is 0 Å². The molecule has 1 aliphatic carbocycles. The van der Waals surface area contributed by atoms with E-state index in [1.54, 1.807) is 0 Å². The molecule has 1 aliphatic heterocycles. The van der Waals surface area contributed by atoms with E-state index in [1.807, 2.05) is 0 Å². The first kappa shape index (κ1) is 14.8. The van der Waals surface area contributed by atoms with Crippen LogP contribution in [0.25, 0.3) is 16.6 Å². The number of aromatic amines is 1. The van der Waals surface area contributed by atoms with Crippen LogP contribution >= 0.6 is 0 Å². The predicted octanol–water partition coefficient (Wildman–Crippen LogP) is 3.51. The zero-order chi connectivity index (χ0) is 15.6. The molecule has 3 heteroatoms. The number of benzene rings is 1. The van der Waals surface area contributed by atoms with Gasteiger partial charge in [-0.2, -0.15) is 0 Å². The maximum absolute atomic E-state index is 6.29. The molecule has 0 spiro atoms. The Hall–Kier alpha value is -1.74. The molecule has 121 valence electrons. The lowest BCUT2D eigenvalue weighted by molar-refractivity contribution is 0.232. The van der Waals surface area contributed by atoms with E-state index in [2.05, 4.69) is 33.4 Å². The molecule has 2 N–H and O–H groups in total. The van der Waals surface area contributed by atoms with Gasteiger partial charge >= 0.3 is 0 Å². The second kappa shape index (κ2) is 6.40. The molecule has 3 nitrogen and oxygen atoms in total. The van der Waals surface area contributed by atoms with Gasteiger partial charge in [-0.25, -0.2) is 0 Å². The average molecular weight is 308 g/mol. The lowest BCUT2D eigenvalue weighted by atomic mass is 10.1. The number of hydrogen-bond acceptors (Lipinski definition) is 2. The molecule has 0 saturated carbocycles. The molecule has 2 aliphatic rings. The van der Waals surface area contributed by atoms with Crippen LogP contribution in [0.4, 0.5) is 0 Å². The second-order valence-corrected chi connectivity index (χ2v) is 6.94. The Kier molecular flexibility index (Phi) is 4.13. The van der Waals surface area contributed by atoms with Gasteiger partial charge < -0.3 is 15.2 Å². The minimum atomic E-state index is 0.803. The van der Waals surface area contributed by atoms with Crippen LogP contribution < -0.4 is 5.32 Å². The Bertz CT molecular complexity index is 707. The molecule has 1 fully saturated rings. The van der Waals surface area contributed by atoms with E-state index in [9.17, 15) is 0 Å². The predicted molar refractivity (Wildman–Crippen MR) is 96.3 cm³/mol. The highest BCUT2D eigenvalue weighted by atomic mass is 15.1. The molecule has 4 rings (SSSR count). The minimum absolute atomic E-state index is 0.803. The van der Waals surface area contributed by atoms with Crippen molar-refractivity contribution < 1.29 is 0 Å². The van der Waals surface area contributed by atoms with Gasteiger partial charge in [0, 0.05) is 35.4 Å². The summed E-state index contributed by atoms with van der Waals surface area (Å²) in [6.07, 6.45) is 7.73. The zero-order valence-corrected chi connectivity index (χ0v) is 13.8. The standard InChI is InChI=1S/C20H26N3/c1-15(21-10-13-23-11-3-2-4-12-23)16-8-9-20-18(14-16)17-6-5-7-19(17)22-20/h1,8-9,14,21-22H,2-7,10-13H2. The Morgan fingerprint density at radius 2 is 2.00 bits per heavy atom. The maximum Gasteiger partial charge on any atom is 0.0459 e. The van der Waals surface area contributed by atoms with Gasteiger partial charge in [-0.3, -0.25) is 0 Å². The summed E-state index contributed by atoms with van der Waals surface area (Å²) in [5.74, 6) is 0. The van der Waals surface area contributed by atoms with E-state index in [0.717, 1.165) is 24.4 Å². The zero-order valence-electron chi connectivity index (χ0n) is 13.8. The summed E-state index contributed by atoms with van der Waals surface area (Å²) in [5.41, 5.74) is 6.10. The van der Waals surface area contributed by atoms with Crippen molar-refractivity contribution in [3.8, 4) is 0 Å². The van der Waals surface area contributed by atoms with E-state index in [1.165, 1.54) is 73.8 Å². The molecule has 1 saturated heterocycles. The number of aromatic nitrogens is 1. The fourth-order valence-corrected chi connectivity index (χ4v) is 4.05. The van der Waals surface area contributed by atoms with Crippen LogP contribution in [0.1, 0.15) is 42.5 Å². The molecule has 0 atom stereocenters. The van der Waals surface area contributed by atoms with Gasteiger partial charge in [-0.1, -0.05) is 12.5 Å². The van der Waals surface area contributed by atoms with Crippen LogP contribution in [-0.2, 0) is 12.8 Å². The third kappa shape index (κ3) is 3.02. The SMILES string of the molecule is [CH]=C(NCCN1CCCCC1)c1ccc2[nH]c3c(c2c1)CCC3. The summed E-state index contributed by atoms with van der Waals surface area (Å²) < 4.78 is 0. The van der Waals surface area contributed by atoms with E-state index in [4.69, 9.17) is 6.58 Å². The molecule has 0 unspecified atom stereocenters. The molecule has 0 amide bonds. The van der Waals surface area contributed by atoms with E-state index >= 15 is 0 Å². The fraction of sp³-hybridized carbons (Fsp3) is 0.500. The first-order valence-electron chi connectivity index (χ1n) is 9.04. The highest BCUT2D eigenvalue weighted by molar-refractivity contribution is 5.88. The van der Waals surface area contributed by atoms with Gasteiger partial charge in [0.05, 0.1) is 0 Å². The summed E-state index contributed by atoms with van der Waals surface area (Å²) >= 11 is 0. The maximum atomic E-state index is 6.29. The number of hydrogen-bond donors (Lipinski definition) is 2. The number of likely N-dealkylation sites (tertiary alicyclic amines) is 1. The van der Waals surface area contributed by atoms with Crippen molar-refractivity contribution in [3.63, 3.8) is 0 Å². The molecule has 1 radical (unpaired) electrons. The molecular weight excluding hydrogens is 282 g/mol. The first-order valence-corrected chi connectivity index (χ1v) is 9.04. The number of piperidine rings is 1. The summed E-state index contributed by atoms with van der Waals surface area (Å²) in [4.78, 5) is 6.08. The van der Waals surface area contributed by atoms with Crippen molar-refractivity contribution in [1.82, 2.24) is 15.2 Å². The van der Waals surface area contributed by atoms with Crippen molar-refractivity contribution >= 4 is 16.6 Å².